The van der Waals surface area contributed by atoms with Gasteiger partial charge >= 0.3 is 0 Å². The van der Waals surface area contributed by atoms with Crippen molar-refractivity contribution >= 4 is 37.1 Å². The molecular formula is C19H28O4P2S. The van der Waals surface area contributed by atoms with Crippen molar-refractivity contribution in [1.29, 1.82) is 0 Å². The highest BCUT2D eigenvalue weighted by Gasteiger charge is 2.26. The van der Waals surface area contributed by atoms with Gasteiger partial charge in [-0.25, -0.2) is 0 Å². The van der Waals surface area contributed by atoms with E-state index in [1.54, 1.807) is 26.0 Å². The first kappa shape index (κ1) is 23.2. The zero-order valence-corrected chi connectivity index (χ0v) is 17.5. The quantitative estimate of drug-likeness (QED) is 0.656. The molecule has 2 aromatic carbocycles. The van der Waals surface area contributed by atoms with Gasteiger partial charge in [-0.3, -0.25) is 9.13 Å². The molecule has 0 aromatic heterocycles. The monoisotopic (exact) mass is 414 g/mol. The van der Waals surface area contributed by atoms with Crippen LogP contribution in [0, 0.1) is 13.8 Å². The summed E-state index contributed by atoms with van der Waals surface area (Å²) in [5.41, 5.74) is 1.82. The summed E-state index contributed by atoms with van der Waals surface area (Å²) in [7, 11) is -6.90. The van der Waals surface area contributed by atoms with Gasteiger partial charge in [0.15, 0.2) is 0 Å². The molecule has 2 aromatic rings. The molecule has 26 heavy (non-hydrogen) atoms. The van der Waals surface area contributed by atoms with E-state index in [1.807, 2.05) is 38.1 Å². The van der Waals surface area contributed by atoms with Gasteiger partial charge in [0.25, 0.3) is 0 Å². The number of benzene rings is 2. The Bertz CT molecular complexity index is 808. The summed E-state index contributed by atoms with van der Waals surface area (Å²) in [4.78, 5) is 22.0. The van der Waals surface area contributed by atoms with Crippen LogP contribution in [0.1, 0.15) is 32.4 Å². The minimum atomic E-state index is -3.45. The molecule has 0 radical (unpaired) electrons. The number of hydrogen-bond donors (Lipinski definition) is 2. The molecule has 144 valence electrons. The first-order chi connectivity index (χ1) is 11.6. The van der Waals surface area contributed by atoms with Crippen LogP contribution < -0.4 is 10.6 Å². The molecular weight excluding hydrogens is 386 g/mol. The third kappa shape index (κ3) is 5.12. The fraction of sp³-hybridized carbons (Fsp3) is 0.368. The van der Waals surface area contributed by atoms with E-state index in [0.29, 0.717) is 20.4 Å². The summed E-state index contributed by atoms with van der Waals surface area (Å²) in [6, 6.07) is 10.9. The first-order valence-electron chi connectivity index (χ1n) is 8.14. The lowest BCUT2D eigenvalue weighted by molar-refractivity contribution is 0.489. The summed E-state index contributed by atoms with van der Waals surface area (Å²) in [5.74, 6) is 0. The molecule has 0 bridgehead atoms. The van der Waals surface area contributed by atoms with Crippen LogP contribution in [0.4, 0.5) is 0 Å². The Morgan fingerprint density at radius 3 is 1.46 bits per heavy atom. The van der Waals surface area contributed by atoms with Crippen molar-refractivity contribution in [3.8, 4) is 0 Å². The summed E-state index contributed by atoms with van der Waals surface area (Å²) < 4.78 is 25.2. The zero-order valence-electron chi connectivity index (χ0n) is 14.9. The molecule has 0 saturated carbocycles. The molecule has 7 heteroatoms. The third-order valence-corrected chi connectivity index (χ3v) is 9.47. The van der Waals surface area contributed by atoms with Gasteiger partial charge in [0, 0.05) is 22.1 Å². The van der Waals surface area contributed by atoms with E-state index >= 15 is 0 Å². The minimum absolute atomic E-state index is 0. The predicted molar refractivity (Wildman–Crippen MR) is 113 cm³/mol. The van der Waals surface area contributed by atoms with Crippen molar-refractivity contribution in [3.63, 3.8) is 0 Å². The SMILES string of the molecule is C.CCP(=O)(O)c1cc(C)ccc1Sc1ccc(C)cc1P(=O)(O)CC. The van der Waals surface area contributed by atoms with Crippen molar-refractivity contribution < 1.29 is 18.9 Å². The van der Waals surface area contributed by atoms with Crippen molar-refractivity contribution in [2.24, 2.45) is 0 Å². The van der Waals surface area contributed by atoms with Crippen LogP contribution in [-0.4, -0.2) is 22.1 Å². The van der Waals surface area contributed by atoms with E-state index in [-0.39, 0.29) is 19.8 Å². The molecule has 0 spiro atoms. The second kappa shape index (κ2) is 8.91. The highest BCUT2D eigenvalue weighted by molar-refractivity contribution is 8.00. The van der Waals surface area contributed by atoms with Crippen LogP contribution in [0.25, 0.3) is 0 Å². The average molecular weight is 414 g/mol. The van der Waals surface area contributed by atoms with Crippen LogP contribution in [0.3, 0.4) is 0 Å². The van der Waals surface area contributed by atoms with Gasteiger partial charge in [-0.05, 0) is 38.1 Å². The molecule has 2 N–H and O–H groups in total. The average Bonchev–Trinajstić information content (AvgIpc) is 2.57. The van der Waals surface area contributed by atoms with Gasteiger partial charge in [-0.2, -0.15) is 0 Å². The number of rotatable bonds is 6. The van der Waals surface area contributed by atoms with Crippen LogP contribution in [0.2, 0.25) is 0 Å². The molecule has 0 aliphatic heterocycles. The molecule has 0 amide bonds. The van der Waals surface area contributed by atoms with Gasteiger partial charge in [-0.15, -0.1) is 0 Å². The van der Waals surface area contributed by atoms with Crippen molar-refractivity contribution in [2.75, 3.05) is 12.3 Å². The summed E-state index contributed by atoms with van der Waals surface area (Å²) in [5, 5.41) is 0.826. The van der Waals surface area contributed by atoms with Crippen LogP contribution in [-0.2, 0) is 9.13 Å². The van der Waals surface area contributed by atoms with Crippen molar-refractivity contribution in [1.82, 2.24) is 0 Å². The second-order valence-corrected chi connectivity index (χ2v) is 12.2. The maximum atomic E-state index is 12.6. The summed E-state index contributed by atoms with van der Waals surface area (Å²) in [6.07, 6.45) is 0.302. The molecule has 2 rings (SSSR count). The van der Waals surface area contributed by atoms with Crippen molar-refractivity contribution in [3.05, 3.63) is 47.5 Å². The van der Waals surface area contributed by atoms with Crippen LogP contribution in [0.5, 0.6) is 0 Å². The van der Waals surface area contributed by atoms with Gasteiger partial charge in [0.1, 0.15) is 0 Å². The van der Waals surface area contributed by atoms with E-state index in [0.717, 1.165) is 11.1 Å². The molecule has 0 aliphatic rings. The zero-order chi connectivity index (χ0) is 18.8. The van der Waals surface area contributed by atoms with Gasteiger partial charge in [0.05, 0.1) is 10.6 Å². The minimum Gasteiger partial charge on any atom is -0.341 e. The van der Waals surface area contributed by atoms with Crippen LogP contribution in [0.15, 0.2) is 46.2 Å². The summed E-state index contributed by atoms with van der Waals surface area (Å²) in [6.45, 7) is 7.13. The highest BCUT2D eigenvalue weighted by Crippen LogP contribution is 2.46. The molecule has 4 nitrogen and oxygen atoms in total. The molecule has 2 unspecified atom stereocenters. The maximum absolute atomic E-state index is 12.6. The third-order valence-electron chi connectivity index (χ3n) is 4.06. The van der Waals surface area contributed by atoms with E-state index in [2.05, 4.69) is 0 Å². The van der Waals surface area contributed by atoms with Gasteiger partial charge in [-0.1, -0.05) is 56.3 Å². The van der Waals surface area contributed by atoms with E-state index in [9.17, 15) is 18.9 Å². The van der Waals surface area contributed by atoms with E-state index in [1.165, 1.54) is 11.8 Å². The lowest BCUT2D eigenvalue weighted by Gasteiger charge is -2.18. The van der Waals surface area contributed by atoms with Crippen LogP contribution >= 0.6 is 26.5 Å². The first-order valence-corrected chi connectivity index (χ1v) is 12.6. The van der Waals surface area contributed by atoms with E-state index < -0.39 is 14.7 Å². The molecule has 0 heterocycles. The lowest BCUT2D eigenvalue weighted by atomic mass is 10.2. The molecule has 2 atom stereocenters. The fourth-order valence-electron chi connectivity index (χ4n) is 2.43. The lowest BCUT2D eigenvalue weighted by Crippen LogP contribution is -2.13. The van der Waals surface area contributed by atoms with Gasteiger partial charge in [0.2, 0.25) is 14.7 Å². The number of aryl methyl sites for hydroxylation is 2. The topological polar surface area (TPSA) is 74.6 Å². The Labute approximate surface area is 161 Å². The Morgan fingerprint density at radius 2 is 1.15 bits per heavy atom. The summed E-state index contributed by atoms with van der Waals surface area (Å²) >= 11 is 1.28. The smallest absolute Gasteiger partial charge is 0.230 e. The normalized spacial score (nSPS) is 15.6. The Hall–Kier alpha value is -0.830. The predicted octanol–water partition coefficient (Wildman–Crippen LogP) is 4.92. The largest absolute Gasteiger partial charge is 0.341 e. The molecule has 0 saturated heterocycles. The van der Waals surface area contributed by atoms with E-state index in [4.69, 9.17) is 0 Å². The molecule has 0 aliphatic carbocycles. The molecule has 0 fully saturated rings. The number of hydrogen-bond acceptors (Lipinski definition) is 3. The highest BCUT2D eigenvalue weighted by atomic mass is 32.2. The maximum Gasteiger partial charge on any atom is 0.230 e. The Kier molecular flexibility index (Phi) is 7.95. The Balaban J connectivity index is 0.00000338. The fourth-order valence-corrected chi connectivity index (χ4v) is 6.73. The van der Waals surface area contributed by atoms with Crippen molar-refractivity contribution in [2.45, 2.75) is 44.9 Å². The Morgan fingerprint density at radius 1 is 0.808 bits per heavy atom. The standard InChI is InChI=1S/C18H24O4P2S.CH4/c1-5-23(19,20)15-11-13(3)7-9-17(15)25-18-10-8-14(4)12-16(18)24(21,22)6-2;/h7-12H,5-6H2,1-4H3,(H,19,20)(H,21,22);1H4. The van der Waals surface area contributed by atoms with Gasteiger partial charge < -0.3 is 9.79 Å². The second-order valence-electron chi connectivity index (χ2n) is 6.08.